The molecule has 0 atom stereocenters. The van der Waals surface area contributed by atoms with E-state index in [1.54, 1.807) is 20.3 Å². The van der Waals surface area contributed by atoms with Crippen LogP contribution >= 0.6 is 0 Å². The van der Waals surface area contributed by atoms with Crippen LogP contribution in [0.25, 0.3) is 21.9 Å². The Kier molecular flexibility index (Phi) is 6.26. The summed E-state index contributed by atoms with van der Waals surface area (Å²) >= 11 is 0. The van der Waals surface area contributed by atoms with Crippen molar-refractivity contribution in [2.45, 2.75) is 27.1 Å². The van der Waals surface area contributed by atoms with Gasteiger partial charge >= 0.3 is 11.9 Å². The van der Waals surface area contributed by atoms with Crippen molar-refractivity contribution < 1.29 is 38.0 Å². The smallest absolute Gasteiger partial charge is 0.302 e. The Morgan fingerprint density at radius 1 is 0.848 bits per heavy atom. The minimum atomic E-state index is -0.419. The number of hydrogen-bond acceptors (Lipinski definition) is 8. The van der Waals surface area contributed by atoms with Gasteiger partial charge in [-0.05, 0) is 57.8 Å². The number of hydrogen-bond donors (Lipinski definition) is 0. The fraction of sp³-hybridized carbons (Fsp3) is 0.280. The minimum Gasteiger partial charge on any atom is -0.493 e. The molecule has 0 N–H and O–H groups in total. The molecule has 8 heteroatoms. The van der Waals surface area contributed by atoms with Crippen LogP contribution in [0.2, 0.25) is 0 Å². The summed E-state index contributed by atoms with van der Waals surface area (Å²) in [5, 5.41) is 1.72. The molecule has 0 aliphatic carbocycles. The van der Waals surface area contributed by atoms with Gasteiger partial charge in [-0.15, -0.1) is 0 Å². The number of fused-ring (bicyclic) bond motifs is 2. The second kappa shape index (κ2) is 9.28. The van der Waals surface area contributed by atoms with E-state index in [0.29, 0.717) is 34.1 Å². The van der Waals surface area contributed by atoms with Gasteiger partial charge in [0.25, 0.3) is 0 Å². The third-order valence-electron chi connectivity index (χ3n) is 5.36. The van der Waals surface area contributed by atoms with E-state index in [2.05, 4.69) is 0 Å². The van der Waals surface area contributed by atoms with Gasteiger partial charge in [0.15, 0.2) is 23.0 Å². The normalized spacial score (nSPS) is 11.9. The summed E-state index contributed by atoms with van der Waals surface area (Å²) in [6.07, 6.45) is 0. The summed E-state index contributed by atoms with van der Waals surface area (Å²) in [6.45, 7) is 2.86. The van der Waals surface area contributed by atoms with Crippen LogP contribution in [0, 0.1) is 0 Å². The van der Waals surface area contributed by atoms with Gasteiger partial charge in [0.2, 0.25) is 6.79 Å². The van der Waals surface area contributed by atoms with E-state index in [-0.39, 0.29) is 20.0 Å². The predicted molar refractivity (Wildman–Crippen MR) is 120 cm³/mol. The van der Waals surface area contributed by atoms with Gasteiger partial charge in [-0.2, -0.15) is 0 Å². The van der Waals surface area contributed by atoms with Crippen LogP contribution in [-0.2, 0) is 32.3 Å². The Morgan fingerprint density at radius 3 is 2.18 bits per heavy atom. The Morgan fingerprint density at radius 2 is 1.52 bits per heavy atom. The number of carbonyl (C=O) groups excluding carboxylic acids is 2. The van der Waals surface area contributed by atoms with Gasteiger partial charge in [0, 0.05) is 19.4 Å². The molecule has 0 aromatic heterocycles. The molecule has 172 valence electrons. The maximum atomic E-state index is 11.7. The number of carbonyl (C=O) groups is 2. The summed E-state index contributed by atoms with van der Waals surface area (Å²) in [5.41, 5.74) is 3.03. The van der Waals surface area contributed by atoms with Gasteiger partial charge in [0.1, 0.15) is 13.2 Å². The van der Waals surface area contributed by atoms with E-state index in [9.17, 15) is 9.59 Å². The van der Waals surface area contributed by atoms with Crippen molar-refractivity contribution >= 4 is 22.7 Å². The van der Waals surface area contributed by atoms with E-state index in [1.807, 2.05) is 30.3 Å². The molecular weight excluding hydrogens is 428 g/mol. The summed E-state index contributed by atoms with van der Waals surface area (Å²) < 4.78 is 32.7. The lowest BCUT2D eigenvalue weighted by Crippen LogP contribution is -2.08. The van der Waals surface area contributed by atoms with E-state index in [0.717, 1.165) is 21.9 Å². The van der Waals surface area contributed by atoms with Crippen molar-refractivity contribution in [3.8, 4) is 34.1 Å². The molecule has 1 aliphatic heterocycles. The van der Waals surface area contributed by atoms with Crippen molar-refractivity contribution in [2.75, 3.05) is 21.0 Å². The second-order valence-electron chi connectivity index (χ2n) is 7.45. The summed E-state index contributed by atoms with van der Waals surface area (Å²) in [7, 11) is 3.13. The summed E-state index contributed by atoms with van der Waals surface area (Å²) in [6, 6.07) is 11.2. The van der Waals surface area contributed by atoms with Gasteiger partial charge in [-0.25, -0.2) is 0 Å². The Labute approximate surface area is 190 Å². The molecule has 0 fully saturated rings. The molecule has 0 radical (unpaired) electrons. The van der Waals surface area contributed by atoms with Crippen LogP contribution in [0.3, 0.4) is 0 Å². The van der Waals surface area contributed by atoms with E-state index in [1.165, 1.54) is 13.8 Å². The average Bonchev–Trinajstić information content (AvgIpc) is 3.26. The predicted octanol–water partition coefficient (Wildman–Crippen LogP) is 4.38. The second-order valence-corrected chi connectivity index (χ2v) is 7.45. The largest absolute Gasteiger partial charge is 0.493 e. The highest BCUT2D eigenvalue weighted by Gasteiger charge is 2.22. The van der Waals surface area contributed by atoms with Crippen molar-refractivity contribution in [3.63, 3.8) is 0 Å². The zero-order valence-electron chi connectivity index (χ0n) is 18.9. The standard InChI is InChI=1S/C25H24O8/c1-14(26)30-11-18-7-17-9-23-24(33-13-32-23)10-19(17)25(20(18)12-31-15(2)27)16-5-6-21(28-3)22(8-16)29-4/h5-10H,11-13H2,1-4H3. The van der Waals surface area contributed by atoms with Gasteiger partial charge in [0.05, 0.1) is 14.2 Å². The number of rotatable bonds is 7. The molecule has 3 aromatic carbocycles. The van der Waals surface area contributed by atoms with Crippen molar-refractivity contribution in [1.82, 2.24) is 0 Å². The monoisotopic (exact) mass is 452 g/mol. The molecule has 33 heavy (non-hydrogen) atoms. The molecule has 8 nitrogen and oxygen atoms in total. The quantitative estimate of drug-likeness (QED) is 0.488. The fourth-order valence-corrected chi connectivity index (χ4v) is 3.86. The third kappa shape index (κ3) is 4.50. The first kappa shape index (κ1) is 22.3. The zero-order chi connectivity index (χ0) is 23.5. The van der Waals surface area contributed by atoms with E-state index >= 15 is 0 Å². The molecule has 1 heterocycles. The van der Waals surface area contributed by atoms with Crippen molar-refractivity contribution in [2.24, 2.45) is 0 Å². The number of esters is 2. The van der Waals surface area contributed by atoms with Crippen LogP contribution in [-0.4, -0.2) is 33.0 Å². The molecule has 0 bridgehead atoms. The molecule has 0 saturated carbocycles. The Balaban J connectivity index is 2.01. The number of ether oxygens (including phenoxy) is 6. The molecule has 0 spiro atoms. The Bertz CT molecular complexity index is 1230. The minimum absolute atomic E-state index is 0.00000858. The van der Waals surface area contributed by atoms with Gasteiger partial charge in [-0.3, -0.25) is 9.59 Å². The van der Waals surface area contributed by atoms with Crippen LogP contribution in [0.4, 0.5) is 0 Å². The van der Waals surface area contributed by atoms with Gasteiger partial charge in [-0.1, -0.05) is 6.07 Å². The first-order valence-electron chi connectivity index (χ1n) is 10.3. The van der Waals surface area contributed by atoms with E-state index < -0.39 is 11.9 Å². The first-order valence-corrected chi connectivity index (χ1v) is 10.3. The first-order chi connectivity index (χ1) is 15.9. The maximum absolute atomic E-state index is 11.7. The lowest BCUT2D eigenvalue weighted by atomic mass is 9.89. The number of benzene rings is 3. The van der Waals surface area contributed by atoms with Gasteiger partial charge < -0.3 is 28.4 Å². The lowest BCUT2D eigenvalue weighted by molar-refractivity contribution is -0.143. The highest BCUT2D eigenvalue weighted by atomic mass is 16.7. The van der Waals surface area contributed by atoms with Crippen LogP contribution in [0.5, 0.6) is 23.0 Å². The molecule has 3 aromatic rings. The molecular formula is C25H24O8. The molecule has 0 saturated heterocycles. The molecule has 4 rings (SSSR count). The molecule has 0 unspecified atom stereocenters. The summed E-state index contributed by atoms with van der Waals surface area (Å²) in [4.78, 5) is 23.2. The van der Waals surface area contributed by atoms with Crippen LogP contribution in [0.1, 0.15) is 25.0 Å². The maximum Gasteiger partial charge on any atom is 0.302 e. The fourth-order valence-electron chi connectivity index (χ4n) is 3.86. The molecule has 0 amide bonds. The zero-order valence-corrected chi connectivity index (χ0v) is 18.9. The highest BCUT2D eigenvalue weighted by molar-refractivity contribution is 6.01. The van der Waals surface area contributed by atoms with Crippen LogP contribution < -0.4 is 18.9 Å². The Hall–Kier alpha value is -3.94. The number of methoxy groups -OCH3 is 2. The topological polar surface area (TPSA) is 89.5 Å². The third-order valence-corrected chi connectivity index (χ3v) is 5.36. The summed E-state index contributed by atoms with van der Waals surface area (Å²) in [5.74, 6) is 1.56. The lowest BCUT2D eigenvalue weighted by Gasteiger charge is -2.20. The average molecular weight is 452 g/mol. The highest BCUT2D eigenvalue weighted by Crippen LogP contribution is 2.44. The van der Waals surface area contributed by atoms with Crippen molar-refractivity contribution in [1.29, 1.82) is 0 Å². The van der Waals surface area contributed by atoms with E-state index in [4.69, 9.17) is 28.4 Å². The van der Waals surface area contributed by atoms with Crippen LogP contribution in [0.15, 0.2) is 36.4 Å². The molecule has 1 aliphatic rings. The SMILES string of the molecule is COc1ccc(-c2c(COC(C)=O)c(COC(C)=O)cc3cc4c(cc23)OCO4)cc1OC. The van der Waals surface area contributed by atoms with Crippen molar-refractivity contribution in [3.05, 3.63) is 47.5 Å².